The van der Waals surface area contributed by atoms with Crippen LogP contribution < -0.4 is 5.32 Å². The quantitative estimate of drug-likeness (QED) is 0.866. The van der Waals surface area contributed by atoms with Crippen molar-refractivity contribution in [2.75, 3.05) is 7.05 Å². The minimum absolute atomic E-state index is 0.345. The maximum atomic E-state index is 4.05. The number of nitrogens with zero attached hydrogens (tertiary/aromatic N) is 1. The third kappa shape index (κ3) is 3.51. The highest BCUT2D eigenvalue weighted by molar-refractivity contribution is 14.1. The zero-order valence-corrected chi connectivity index (χ0v) is 11.9. The van der Waals surface area contributed by atoms with E-state index in [1.807, 2.05) is 19.4 Å². The topological polar surface area (TPSA) is 24.9 Å². The number of likely N-dealkylation sites (N-methyl/N-ethyl adjacent to an activating group) is 1. The summed E-state index contributed by atoms with van der Waals surface area (Å²) in [5, 5.41) is 3.35. The van der Waals surface area contributed by atoms with Gasteiger partial charge in [-0.05, 0) is 71.5 Å². The predicted octanol–water partition coefficient (Wildman–Crippen LogP) is 3.19. The second-order valence-electron chi connectivity index (χ2n) is 3.95. The van der Waals surface area contributed by atoms with Crippen molar-refractivity contribution in [3.63, 3.8) is 0 Å². The fourth-order valence-electron chi connectivity index (χ4n) is 1.84. The van der Waals surface area contributed by atoms with Crippen molar-refractivity contribution in [2.24, 2.45) is 0 Å². The maximum absolute atomic E-state index is 4.05. The summed E-state index contributed by atoms with van der Waals surface area (Å²) in [6.07, 6.45) is 4.68. The molecule has 0 aliphatic heterocycles. The summed E-state index contributed by atoms with van der Waals surface area (Å²) < 4.78 is 1.27. The van der Waals surface area contributed by atoms with Crippen molar-refractivity contribution in [3.8, 4) is 0 Å². The highest BCUT2D eigenvalue weighted by atomic mass is 127. The third-order valence-corrected chi connectivity index (χ3v) is 3.53. The number of hydrogen-bond acceptors (Lipinski definition) is 2. The Morgan fingerprint density at radius 3 is 2.35 bits per heavy atom. The van der Waals surface area contributed by atoms with Crippen LogP contribution in [0.25, 0.3) is 0 Å². The first-order valence-corrected chi connectivity index (χ1v) is 6.69. The molecule has 0 saturated carbocycles. The van der Waals surface area contributed by atoms with Crippen LogP contribution in [0, 0.1) is 3.57 Å². The Hall–Kier alpha value is -0.940. The molecule has 1 aromatic heterocycles. The van der Waals surface area contributed by atoms with Gasteiger partial charge in [0.1, 0.15) is 0 Å². The molecule has 0 fully saturated rings. The normalized spacial score (nSPS) is 12.4. The fraction of sp³-hybridized carbons (Fsp3) is 0.214. The Morgan fingerprint density at radius 2 is 1.76 bits per heavy atom. The van der Waals surface area contributed by atoms with Crippen LogP contribution in [0.3, 0.4) is 0 Å². The molecule has 0 aliphatic rings. The summed E-state index contributed by atoms with van der Waals surface area (Å²) in [7, 11) is 2.00. The van der Waals surface area contributed by atoms with Crippen LogP contribution in [0.4, 0.5) is 0 Å². The van der Waals surface area contributed by atoms with Gasteiger partial charge in [-0.1, -0.05) is 12.1 Å². The molecule has 1 N–H and O–H groups in total. The number of pyridine rings is 1. The molecule has 0 amide bonds. The summed E-state index contributed by atoms with van der Waals surface area (Å²) in [5.74, 6) is 0. The van der Waals surface area contributed by atoms with Crippen LogP contribution in [0.1, 0.15) is 17.2 Å². The number of rotatable bonds is 4. The van der Waals surface area contributed by atoms with Crippen molar-refractivity contribution in [3.05, 3.63) is 63.5 Å². The van der Waals surface area contributed by atoms with E-state index in [1.54, 1.807) is 0 Å². The molecule has 1 unspecified atom stereocenters. The minimum atomic E-state index is 0.345. The second kappa shape index (κ2) is 6.12. The van der Waals surface area contributed by atoms with Gasteiger partial charge in [-0.15, -0.1) is 0 Å². The highest BCUT2D eigenvalue weighted by Crippen LogP contribution is 2.18. The van der Waals surface area contributed by atoms with Crippen molar-refractivity contribution in [1.29, 1.82) is 0 Å². The Balaban J connectivity index is 2.13. The SMILES string of the molecule is CNC(Cc1ccc(I)cc1)c1ccncc1. The molecule has 17 heavy (non-hydrogen) atoms. The summed E-state index contributed by atoms with van der Waals surface area (Å²) in [5.41, 5.74) is 2.63. The molecule has 3 heteroatoms. The van der Waals surface area contributed by atoms with Gasteiger partial charge in [0.25, 0.3) is 0 Å². The molecule has 0 saturated heterocycles. The van der Waals surface area contributed by atoms with E-state index >= 15 is 0 Å². The van der Waals surface area contributed by atoms with E-state index < -0.39 is 0 Å². The fourth-order valence-corrected chi connectivity index (χ4v) is 2.20. The lowest BCUT2D eigenvalue weighted by Gasteiger charge is -2.16. The largest absolute Gasteiger partial charge is 0.313 e. The summed E-state index contributed by atoms with van der Waals surface area (Å²) in [6, 6.07) is 13.1. The molecule has 88 valence electrons. The molecule has 1 aromatic carbocycles. The van der Waals surface area contributed by atoms with Crippen LogP contribution >= 0.6 is 22.6 Å². The number of benzene rings is 1. The van der Waals surface area contributed by atoms with Crippen molar-refractivity contribution >= 4 is 22.6 Å². The summed E-state index contributed by atoms with van der Waals surface area (Å²) in [6.45, 7) is 0. The van der Waals surface area contributed by atoms with E-state index in [9.17, 15) is 0 Å². The number of nitrogens with one attached hydrogen (secondary N) is 1. The van der Waals surface area contributed by atoms with Gasteiger partial charge in [0.05, 0.1) is 0 Å². The van der Waals surface area contributed by atoms with Crippen molar-refractivity contribution in [2.45, 2.75) is 12.5 Å². The van der Waals surface area contributed by atoms with Gasteiger partial charge in [0.2, 0.25) is 0 Å². The first kappa shape index (κ1) is 12.5. The van der Waals surface area contributed by atoms with Crippen molar-refractivity contribution in [1.82, 2.24) is 10.3 Å². The average molecular weight is 338 g/mol. The Bertz CT molecular complexity index is 453. The first-order valence-electron chi connectivity index (χ1n) is 5.61. The lowest BCUT2D eigenvalue weighted by atomic mass is 10.00. The van der Waals surface area contributed by atoms with Crippen LogP contribution in [0.15, 0.2) is 48.8 Å². The van der Waals surface area contributed by atoms with Crippen LogP contribution in [-0.4, -0.2) is 12.0 Å². The van der Waals surface area contributed by atoms with Gasteiger partial charge in [-0.3, -0.25) is 4.98 Å². The van der Waals surface area contributed by atoms with E-state index in [1.165, 1.54) is 14.7 Å². The molecule has 1 atom stereocenters. The van der Waals surface area contributed by atoms with Crippen LogP contribution in [-0.2, 0) is 6.42 Å². The lowest BCUT2D eigenvalue weighted by molar-refractivity contribution is 0.591. The Labute approximate surface area is 116 Å². The van der Waals surface area contributed by atoms with Gasteiger partial charge in [-0.2, -0.15) is 0 Å². The smallest absolute Gasteiger partial charge is 0.0359 e. The van der Waals surface area contributed by atoms with Crippen molar-refractivity contribution < 1.29 is 0 Å². The third-order valence-electron chi connectivity index (χ3n) is 2.81. The van der Waals surface area contributed by atoms with Gasteiger partial charge >= 0.3 is 0 Å². The van der Waals surface area contributed by atoms with E-state index in [0.29, 0.717) is 6.04 Å². The minimum Gasteiger partial charge on any atom is -0.313 e. The molecular formula is C14H15IN2. The molecule has 2 rings (SSSR count). The zero-order valence-electron chi connectivity index (χ0n) is 9.73. The molecule has 1 heterocycles. The molecule has 0 radical (unpaired) electrons. The molecule has 2 nitrogen and oxygen atoms in total. The maximum Gasteiger partial charge on any atom is 0.0359 e. The standard InChI is InChI=1S/C14H15IN2/c1-16-14(12-6-8-17-9-7-12)10-11-2-4-13(15)5-3-11/h2-9,14,16H,10H2,1H3. The molecule has 2 aromatic rings. The summed E-state index contributed by atoms with van der Waals surface area (Å²) in [4.78, 5) is 4.05. The predicted molar refractivity (Wildman–Crippen MR) is 78.9 cm³/mol. The molecule has 0 aliphatic carbocycles. The second-order valence-corrected chi connectivity index (χ2v) is 5.20. The Morgan fingerprint density at radius 1 is 1.12 bits per heavy atom. The zero-order chi connectivity index (χ0) is 12.1. The molecular weight excluding hydrogens is 323 g/mol. The van der Waals surface area contributed by atoms with Crippen LogP contribution in [0.2, 0.25) is 0 Å². The van der Waals surface area contributed by atoms with Crippen LogP contribution in [0.5, 0.6) is 0 Å². The van der Waals surface area contributed by atoms with Gasteiger partial charge in [0.15, 0.2) is 0 Å². The Kier molecular flexibility index (Phi) is 4.50. The first-order chi connectivity index (χ1) is 8.29. The van der Waals surface area contributed by atoms with Gasteiger partial charge in [-0.25, -0.2) is 0 Å². The van der Waals surface area contributed by atoms with E-state index in [-0.39, 0.29) is 0 Å². The molecule has 0 spiro atoms. The summed E-state index contributed by atoms with van der Waals surface area (Å²) >= 11 is 2.33. The highest BCUT2D eigenvalue weighted by Gasteiger charge is 2.09. The number of hydrogen-bond donors (Lipinski definition) is 1. The van der Waals surface area contributed by atoms with Gasteiger partial charge < -0.3 is 5.32 Å². The number of halogens is 1. The monoisotopic (exact) mass is 338 g/mol. The average Bonchev–Trinajstić information content (AvgIpc) is 2.39. The van der Waals surface area contributed by atoms with E-state index in [0.717, 1.165) is 6.42 Å². The molecule has 0 bridgehead atoms. The van der Waals surface area contributed by atoms with E-state index in [4.69, 9.17) is 0 Å². The lowest BCUT2D eigenvalue weighted by Crippen LogP contribution is -2.18. The van der Waals surface area contributed by atoms with E-state index in [2.05, 4.69) is 69.3 Å². The number of aromatic nitrogens is 1. The van der Waals surface area contributed by atoms with Gasteiger partial charge in [0, 0.05) is 22.0 Å².